The smallest absolute Gasteiger partial charge is 0.225 e. The Morgan fingerprint density at radius 3 is 2.75 bits per heavy atom. The summed E-state index contributed by atoms with van der Waals surface area (Å²) < 4.78 is 46.8. The van der Waals surface area contributed by atoms with E-state index >= 15 is 0 Å². The monoisotopic (exact) mass is 337 g/mol. The minimum Gasteiger partial charge on any atom is -0.225 e. The van der Waals surface area contributed by atoms with Gasteiger partial charge >= 0.3 is 0 Å². The van der Waals surface area contributed by atoms with Crippen molar-refractivity contribution in [2.75, 3.05) is 11.6 Å². The van der Waals surface area contributed by atoms with Crippen LogP contribution in [0.1, 0.15) is 12.5 Å². The normalized spacial score (nSPS) is 18.7. The Bertz CT molecular complexity index is 715. The SMILES string of the molecule is CCSCN1Cc2ccc(S(N)(=O)=O)cc2S(=O)(=O)N1. The lowest BCUT2D eigenvalue weighted by molar-refractivity contribution is 0.264. The molecule has 0 aliphatic carbocycles. The van der Waals surface area contributed by atoms with Crippen LogP contribution in [0.2, 0.25) is 0 Å². The van der Waals surface area contributed by atoms with E-state index in [0.717, 1.165) is 11.8 Å². The maximum Gasteiger partial charge on any atom is 0.253 e. The van der Waals surface area contributed by atoms with Crippen molar-refractivity contribution in [2.45, 2.75) is 23.3 Å². The second-order valence-corrected chi connectivity index (χ2v) is 8.66. The highest BCUT2D eigenvalue weighted by molar-refractivity contribution is 7.99. The maximum atomic E-state index is 12.1. The highest BCUT2D eigenvalue weighted by atomic mass is 32.2. The van der Waals surface area contributed by atoms with Gasteiger partial charge in [-0.05, 0) is 23.4 Å². The number of sulfonamides is 2. The Kier molecular flexibility index (Phi) is 4.42. The molecule has 3 N–H and O–H groups in total. The molecule has 0 saturated carbocycles. The molecule has 1 aromatic carbocycles. The van der Waals surface area contributed by atoms with E-state index in [4.69, 9.17) is 5.14 Å². The van der Waals surface area contributed by atoms with Crippen molar-refractivity contribution < 1.29 is 16.8 Å². The second kappa shape index (κ2) is 5.62. The zero-order chi connectivity index (χ0) is 15.0. The van der Waals surface area contributed by atoms with E-state index in [1.165, 1.54) is 12.1 Å². The van der Waals surface area contributed by atoms with Gasteiger partial charge in [0.25, 0.3) is 10.0 Å². The third kappa shape index (κ3) is 3.32. The highest BCUT2D eigenvalue weighted by Gasteiger charge is 2.29. The molecular formula is C10H15N3O4S3. The fraction of sp³-hybridized carbons (Fsp3) is 0.400. The van der Waals surface area contributed by atoms with Gasteiger partial charge in [-0.2, -0.15) is 0 Å². The molecule has 112 valence electrons. The first-order chi connectivity index (χ1) is 9.24. The summed E-state index contributed by atoms with van der Waals surface area (Å²) in [6, 6.07) is 3.90. The van der Waals surface area contributed by atoms with Crippen LogP contribution in [0.5, 0.6) is 0 Å². The minimum atomic E-state index is -3.92. The number of hydrogen-bond acceptors (Lipinski definition) is 6. The Hall–Kier alpha value is -0.650. The molecule has 1 heterocycles. The lowest BCUT2D eigenvalue weighted by Gasteiger charge is -2.28. The summed E-state index contributed by atoms with van der Waals surface area (Å²) in [5.41, 5.74) is 0.549. The fourth-order valence-corrected chi connectivity index (χ4v) is 4.41. The van der Waals surface area contributed by atoms with Gasteiger partial charge in [0.15, 0.2) is 0 Å². The molecule has 10 heteroatoms. The Labute approximate surface area is 122 Å². The number of nitrogens with two attached hydrogens (primary N) is 1. The summed E-state index contributed by atoms with van der Waals surface area (Å²) in [7, 11) is -7.69. The summed E-state index contributed by atoms with van der Waals surface area (Å²) in [5.74, 6) is 1.39. The first-order valence-electron chi connectivity index (χ1n) is 5.75. The van der Waals surface area contributed by atoms with Gasteiger partial charge in [0, 0.05) is 6.54 Å². The fourth-order valence-electron chi connectivity index (χ4n) is 1.82. The van der Waals surface area contributed by atoms with Crippen molar-refractivity contribution in [1.29, 1.82) is 0 Å². The lowest BCUT2D eigenvalue weighted by atomic mass is 10.2. The molecule has 7 nitrogen and oxygen atoms in total. The summed E-state index contributed by atoms with van der Waals surface area (Å²) in [4.78, 5) is 2.16. The molecule has 0 saturated heterocycles. The van der Waals surface area contributed by atoms with Crippen molar-refractivity contribution >= 4 is 31.8 Å². The van der Waals surface area contributed by atoms with Crippen molar-refractivity contribution in [3.8, 4) is 0 Å². The van der Waals surface area contributed by atoms with E-state index in [1.54, 1.807) is 16.8 Å². The van der Waals surface area contributed by atoms with Crippen molar-refractivity contribution in [3.63, 3.8) is 0 Å². The summed E-state index contributed by atoms with van der Waals surface area (Å²) in [6.07, 6.45) is 0. The van der Waals surface area contributed by atoms with Crippen LogP contribution >= 0.6 is 11.8 Å². The third-order valence-electron chi connectivity index (χ3n) is 2.72. The number of thioether (sulfide) groups is 1. The molecule has 0 spiro atoms. The standard InChI is InChI=1S/C10H15N3O4S3/c1-2-18-7-13-6-8-3-4-9(19(11,14)15)5-10(8)20(16,17)12-13/h3-5,12H,2,6-7H2,1H3,(H2,11,14,15). The van der Waals surface area contributed by atoms with Crippen molar-refractivity contribution in [2.24, 2.45) is 5.14 Å². The lowest BCUT2D eigenvalue weighted by Crippen LogP contribution is -2.45. The van der Waals surface area contributed by atoms with Gasteiger partial charge in [-0.25, -0.2) is 27.0 Å². The second-order valence-electron chi connectivity index (χ2n) is 4.23. The molecule has 1 aromatic rings. The number of rotatable bonds is 4. The summed E-state index contributed by atoms with van der Waals surface area (Å²) in [5, 5.41) is 6.59. The minimum absolute atomic E-state index is 0.0400. The van der Waals surface area contributed by atoms with Crippen molar-refractivity contribution in [1.82, 2.24) is 9.84 Å². The van der Waals surface area contributed by atoms with Crippen LogP contribution in [0.3, 0.4) is 0 Å². The molecule has 0 aromatic heterocycles. The van der Waals surface area contributed by atoms with Crippen LogP contribution in [0.4, 0.5) is 0 Å². The number of benzene rings is 1. The van der Waals surface area contributed by atoms with Crippen LogP contribution in [0.15, 0.2) is 28.0 Å². The predicted octanol–water partition coefficient (Wildman–Crippen LogP) is 0.0535. The highest BCUT2D eigenvalue weighted by Crippen LogP contribution is 2.25. The van der Waals surface area contributed by atoms with Crippen molar-refractivity contribution in [3.05, 3.63) is 23.8 Å². The van der Waals surface area contributed by atoms with E-state index in [-0.39, 0.29) is 9.79 Å². The Balaban J connectivity index is 2.42. The van der Waals surface area contributed by atoms with Crippen LogP contribution in [-0.4, -0.2) is 33.5 Å². The van der Waals surface area contributed by atoms with E-state index in [9.17, 15) is 16.8 Å². The van der Waals surface area contributed by atoms with E-state index in [0.29, 0.717) is 18.0 Å². The largest absolute Gasteiger partial charge is 0.253 e. The summed E-state index contributed by atoms with van der Waals surface area (Å²) in [6.45, 7) is 2.36. The van der Waals surface area contributed by atoms with E-state index < -0.39 is 20.0 Å². The Morgan fingerprint density at radius 2 is 2.15 bits per heavy atom. The molecule has 0 bridgehead atoms. The quantitative estimate of drug-likeness (QED) is 0.803. The molecule has 0 amide bonds. The van der Waals surface area contributed by atoms with Gasteiger partial charge in [0.05, 0.1) is 15.7 Å². The molecule has 0 unspecified atom stereocenters. The summed E-state index contributed by atoms with van der Waals surface area (Å²) >= 11 is 1.58. The number of nitrogens with zero attached hydrogens (tertiary/aromatic N) is 1. The van der Waals surface area contributed by atoms with E-state index in [2.05, 4.69) is 4.83 Å². The first-order valence-corrected chi connectivity index (χ1v) is 9.93. The molecule has 1 aliphatic heterocycles. The average Bonchev–Trinajstić information content (AvgIpc) is 2.34. The third-order valence-corrected chi connectivity index (χ3v) is 5.99. The predicted molar refractivity (Wildman–Crippen MR) is 76.7 cm³/mol. The molecule has 20 heavy (non-hydrogen) atoms. The topological polar surface area (TPSA) is 110 Å². The van der Waals surface area contributed by atoms with E-state index in [1.807, 2.05) is 6.92 Å². The number of primary sulfonamides is 1. The molecule has 0 atom stereocenters. The van der Waals surface area contributed by atoms with Crippen LogP contribution in [-0.2, 0) is 26.6 Å². The van der Waals surface area contributed by atoms with Gasteiger partial charge in [0.1, 0.15) is 0 Å². The van der Waals surface area contributed by atoms with Gasteiger partial charge in [-0.1, -0.05) is 13.0 Å². The number of nitrogens with one attached hydrogen (secondary N) is 1. The van der Waals surface area contributed by atoms with Crippen LogP contribution in [0.25, 0.3) is 0 Å². The molecular weight excluding hydrogens is 322 g/mol. The zero-order valence-electron chi connectivity index (χ0n) is 10.7. The molecule has 2 rings (SSSR count). The number of hydrogen-bond donors (Lipinski definition) is 2. The van der Waals surface area contributed by atoms with Gasteiger partial charge in [0.2, 0.25) is 10.0 Å². The number of fused-ring (bicyclic) bond motifs is 1. The average molecular weight is 337 g/mol. The first kappa shape index (κ1) is 15.7. The van der Waals surface area contributed by atoms with Crippen LogP contribution in [0, 0.1) is 0 Å². The molecule has 0 fully saturated rings. The maximum absolute atomic E-state index is 12.1. The molecule has 0 radical (unpaired) electrons. The van der Waals surface area contributed by atoms with Gasteiger partial charge in [-0.15, -0.1) is 16.6 Å². The Morgan fingerprint density at radius 1 is 1.45 bits per heavy atom. The molecule has 1 aliphatic rings. The number of hydrazine groups is 1. The van der Waals surface area contributed by atoms with Gasteiger partial charge < -0.3 is 0 Å². The zero-order valence-corrected chi connectivity index (χ0v) is 13.2. The van der Waals surface area contributed by atoms with Gasteiger partial charge in [-0.3, -0.25) is 0 Å². The van der Waals surface area contributed by atoms with Crippen LogP contribution < -0.4 is 9.97 Å².